The molecule has 0 saturated heterocycles. The van der Waals surface area contributed by atoms with Crippen molar-refractivity contribution in [2.75, 3.05) is 0 Å². The number of hydrogen-bond donors (Lipinski definition) is 2. The van der Waals surface area contributed by atoms with E-state index in [2.05, 4.69) is 5.32 Å². The lowest BCUT2D eigenvalue weighted by atomic mass is 10.1. The molecule has 0 heterocycles. The smallest absolute Gasteiger partial charge is 0.237 e. The van der Waals surface area contributed by atoms with Gasteiger partial charge < -0.3 is 11.1 Å². The molecule has 16 heavy (non-hydrogen) atoms. The van der Waals surface area contributed by atoms with Crippen LogP contribution in [0.5, 0.6) is 0 Å². The van der Waals surface area contributed by atoms with Crippen LogP contribution in [0.3, 0.4) is 0 Å². The molecule has 88 valence electrons. The van der Waals surface area contributed by atoms with Crippen LogP contribution in [-0.4, -0.2) is 11.9 Å². The molecule has 0 bridgehead atoms. The van der Waals surface area contributed by atoms with Crippen LogP contribution in [0.1, 0.15) is 31.9 Å². The van der Waals surface area contributed by atoms with Crippen molar-refractivity contribution in [3.8, 4) is 0 Å². The molecule has 4 heteroatoms. The van der Waals surface area contributed by atoms with Crippen LogP contribution in [0.25, 0.3) is 0 Å². The van der Waals surface area contributed by atoms with Crippen LogP contribution in [-0.2, 0) is 4.79 Å². The zero-order chi connectivity index (χ0) is 12.1. The normalized spacial score (nSPS) is 14.2. The fourth-order valence-electron chi connectivity index (χ4n) is 1.37. The third-order valence-electron chi connectivity index (χ3n) is 2.48. The average Bonchev–Trinajstić information content (AvgIpc) is 2.27. The van der Waals surface area contributed by atoms with E-state index < -0.39 is 6.04 Å². The Balaban J connectivity index is 2.65. The summed E-state index contributed by atoms with van der Waals surface area (Å²) in [6.07, 6.45) is 0.585. The third-order valence-corrected chi connectivity index (χ3v) is 2.48. The second kappa shape index (κ2) is 5.61. The molecule has 3 N–H and O–H groups in total. The summed E-state index contributed by atoms with van der Waals surface area (Å²) in [5.74, 6) is -0.516. The Morgan fingerprint density at radius 3 is 2.81 bits per heavy atom. The summed E-state index contributed by atoms with van der Waals surface area (Å²) in [4.78, 5) is 11.5. The lowest BCUT2D eigenvalue weighted by molar-refractivity contribution is -0.123. The second-order valence-corrected chi connectivity index (χ2v) is 3.80. The van der Waals surface area contributed by atoms with Gasteiger partial charge in [-0.2, -0.15) is 0 Å². The molecule has 3 nitrogen and oxygen atoms in total. The minimum atomic E-state index is -0.504. The quantitative estimate of drug-likeness (QED) is 0.818. The number of nitrogens with two attached hydrogens (primary N) is 1. The van der Waals surface area contributed by atoms with Gasteiger partial charge in [0.2, 0.25) is 5.91 Å². The average molecular weight is 224 g/mol. The number of carbonyl (C=O) groups excluding carboxylic acids is 1. The molecule has 1 rings (SSSR count). The molecule has 0 aliphatic carbocycles. The standard InChI is InChI=1S/C12H17FN2O/c1-3-11(14)12(16)15-8(2)9-5-4-6-10(13)7-9/h4-8,11H,3,14H2,1-2H3,(H,15,16). The highest BCUT2D eigenvalue weighted by Gasteiger charge is 2.14. The largest absolute Gasteiger partial charge is 0.348 e. The third kappa shape index (κ3) is 3.31. The minimum Gasteiger partial charge on any atom is -0.348 e. The number of nitrogens with one attached hydrogen (secondary N) is 1. The number of amides is 1. The van der Waals surface area contributed by atoms with Crippen molar-refractivity contribution >= 4 is 5.91 Å². The molecule has 2 unspecified atom stereocenters. The van der Waals surface area contributed by atoms with Gasteiger partial charge in [0.25, 0.3) is 0 Å². The summed E-state index contributed by atoms with van der Waals surface area (Å²) < 4.78 is 13.0. The van der Waals surface area contributed by atoms with Crippen LogP contribution in [0.2, 0.25) is 0 Å². The van der Waals surface area contributed by atoms with E-state index in [-0.39, 0.29) is 17.8 Å². The molecule has 0 aromatic heterocycles. The van der Waals surface area contributed by atoms with E-state index in [1.165, 1.54) is 12.1 Å². The van der Waals surface area contributed by atoms with Crippen molar-refractivity contribution in [2.24, 2.45) is 5.73 Å². The molecular formula is C12H17FN2O. The summed E-state index contributed by atoms with van der Waals surface area (Å²) in [5.41, 5.74) is 6.32. The Kier molecular flexibility index (Phi) is 4.43. The van der Waals surface area contributed by atoms with E-state index in [0.29, 0.717) is 6.42 Å². The zero-order valence-electron chi connectivity index (χ0n) is 9.53. The topological polar surface area (TPSA) is 55.1 Å². The van der Waals surface area contributed by atoms with Gasteiger partial charge >= 0.3 is 0 Å². The van der Waals surface area contributed by atoms with Gasteiger partial charge in [-0.15, -0.1) is 0 Å². The maximum absolute atomic E-state index is 13.0. The van der Waals surface area contributed by atoms with Crippen molar-refractivity contribution in [1.82, 2.24) is 5.32 Å². The molecule has 1 aromatic carbocycles. The molecule has 1 aromatic rings. The van der Waals surface area contributed by atoms with Crippen LogP contribution in [0, 0.1) is 5.82 Å². The zero-order valence-corrected chi connectivity index (χ0v) is 9.53. The molecule has 0 aliphatic rings. The Hall–Kier alpha value is -1.42. The highest BCUT2D eigenvalue weighted by Crippen LogP contribution is 2.13. The van der Waals surface area contributed by atoms with E-state index in [1.807, 2.05) is 6.92 Å². The number of halogens is 1. The molecule has 0 spiro atoms. The van der Waals surface area contributed by atoms with E-state index >= 15 is 0 Å². The highest BCUT2D eigenvalue weighted by molar-refractivity contribution is 5.81. The first kappa shape index (κ1) is 12.6. The van der Waals surface area contributed by atoms with Gasteiger partial charge in [0.05, 0.1) is 12.1 Å². The molecule has 0 fully saturated rings. The van der Waals surface area contributed by atoms with Crippen molar-refractivity contribution in [1.29, 1.82) is 0 Å². The SMILES string of the molecule is CCC(N)C(=O)NC(C)c1cccc(F)c1. The second-order valence-electron chi connectivity index (χ2n) is 3.80. The molecule has 0 saturated carbocycles. The predicted molar refractivity (Wildman–Crippen MR) is 61.2 cm³/mol. The maximum Gasteiger partial charge on any atom is 0.237 e. The Labute approximate surface area is 94.8 Å². The van der Waals surface area contributed by atoms with Gasteiger partial charge in [-0.3, -0.25) is 4.79 Å². The molecule has 2 atom stereocenters. The molecule has 0 radical (unpaired) electrons. The molecule has 0 aliphatic heterocycles. The van der Waals surface area contributed by atoms with Gasteiger partial charge in [-0.05, 0) is 31.0 Å². The lowest BCUT2D eigenvalue weighted by Gasteiger charge is -2.17. The lowest BCUT2D eigenvalue weighted by Crippen LogP contribution is -2.41. The van der Waals surface area contributed by atoms with Gasteiger partial charge in [0.15, 0.2) is 0 Å². The predicted octanol–water partition coefficient (Wildman–Crippen LogP) is 1.74. The summed E-state index contributed by atoms with van der Waals surface area (Å²) in [7, 11) is 0. The number of benzene rings is 1. The van der Waals surface area contributed by atoms with Crippen LogP contribution < -0.4 is 11.1 Å². The molecular weight excluding hydrogens is 207 g/mol. The van der Waals surface area contributed by atoms with E-state index in [1.54, 1.807) is 19.1 Å². The fourth-order valence-corrected chi connectivity index (χ4v) is 1.37. The summed E-state index contributed by atoms with van der Waals surface area (Å²) >= 11 is 0. The van der Waals surface area contributed by atoms with Crippen molar-refractivity contribution in [2.45, 2.75) is 32.4 Å². The van der Waals surface area contributed by atoms with Gasteiger partial charge in [-0.25, -0.2) is 4.39 Å². The first-order valence-corrected chi connectivity index (χ1v) is 5.36. The van der Waals surface area contributed by atoms with E-state index in [0.717, 1.165) is 5.56 Å². The van der Waals surface area contributed by atoms with Crippen LogP contribution >= 0.6 is 0 Å². The first-order valence-electron chi connectivity index (χ1n) is 5.36. The maximum atomic E-state index is 13.0. The summed E-state index contributed by atoms with van der Waals surface area (Å²) in [5, 5.41) is 2.74. The van der Waals surface area contributed by atoms with Gasteiger partial charge in [0, 0.05) is 0 Å². The highest BCUT2D eigenvalue weighted by atomic mass is 19.1. The Morgan fingerprint density at radius 2 is 2.25 bits per heavy atom. The Bertz CT molecular complexity index is 368. The van der Waals surface area contributed by atoms with Crippen molar-refractivity contribution < 1.29 is 9.18 Å². The monoisotopic (exact) mass is 224 g/mol. The fraction of sp³-hybridized carbons (Fsp3) is 0.417. The van der Waals surface area contributed by atoms with Crippen LogP contribution in [0.15, 0.2) is 24.3 Å². The van der Waals surface area contributed by atoms with E-state index in [4.69, 9.17) is 5.73 Å². The van der Waals surface area contributed by atoms with E-state index in [9.17, 15) is 9.18 Å². The van der Waals surface area contributed by atoms with Gasteiger partial charge in [0.1, 0.15) is 5.82 Å². The van der Waals surface area contributed by atoms with Gasteiger partial charge in [-0.1, -0.05) is 19.1 Å². The summed E-state index contributed by atoms with van der Waals surface area (Å²) in [6, 6.07) is 5.42. The Morgan fingerprint density at radius 1 is 1.56 bits per heavy atom. The van der Waals surface area contributed by atoms with Crippen molar-refractivity contribution in [3.63, 3.8) is 0 Å². The van der Waals surface area contributed by atoms with Crippen LogP contribution in [0.4, 0.5) is 4.39 Å². The first-order chi connectivity index (χ1) is 7.54. The van der Waals surface area contributed by atoms with Crippen molar-refractivity contribution in [3.05, 3.63) is 35.6 Å². The number of carbonyl (C=O) groups is 1. The number of rotatable bonds is 4. The molecule has 1 amide bonds. The summed E-state index contributed by atoms with van der Waals surface area (Å²) in [6.45, 7) is 3.64. The number of hydrogen-bond acceptors (Lipinski definition) is 2. The minimum absolute atomic E-state index is 0.209.